The van der Waals surface area contributed by atoms with Gasteiger partial charge in [0.15, 0.2) is 0 Å². The summed E-state index contributed by atoms with van der Waals surface area (Å²) in [5.41, 5.74) is -0.226. The Morgan fingerprint density at radius 3 is 2.33 bits per heavy atom. The zero-order valence-corrected chi connectivity index (χ0v) is 11.0. The Labute approximate surface area is 119 Å². The number of aliphatic carboxylic acids is 1. The summed E-state index contributed by atoms with van der Waals surface area (Å²) in [4.78, 5) is 11.1. The van der Waals surface area contributed by atoms with Gasteiger partial charge in [0.25, 0.3) is 0 Å². The predicted octanol–water partition coefficient (Wildman–Crippen LogP) is 3.58. The van der Waals surface area contributed by atoms with Crippen molar-refractivity contribution in [3.63, 3.8) is 0 Å². The highest BCUT2D eigenvalue weighted by Crippen LogP contribution is 2.43. The number of alkyl halides is 3. The van der Waals surface area contributed by atoms with E-state index in [1.807, 2.05) is 0 Å². The largest absolute Gasteiger partial charge is 0.573 e. The van der Waals surface area contributed by atoms with Gasteiger partial charge >= 0.3 is 12.3 Å². The van der Waals surface area contributed by atoms with Crippen LogP contribution in [0.4, 0.5) is 13.2 Å². The number of carboxylic acids is 1. The minimum absolute atomic E-state index is 0.253. The van der Waals surface area contributed by atoms with Crippen molar-refractivity contribution in [2.24, 2.45) is 5.41 Å². The van der Waals surface area contributed by atoms with Crippen LogP contribution in [0.15, 0.2) is 24.3 Å². The van der Waals surface area contributed by atoms with Gasteiger partial charge in [0.1, 0.15) is 5.75 Å². The van der Waals surface area contributed by atoms with E-state index in [1.54, 1.807) is 0 Å². The monoisotopic (exact) mass is 298 g/mol. The molecule has 0 bridgehead atoms. The van der Waals surface area contributed by atoms with Crippen molar-refractivity contribution < 1.29 is 27.8 Å². The van der Waals surface area contributed by atoms with Crippen LogP contribution in [0, 0.1) is 17.3 Å². The minimum Gasteiger partial charge on any atom is -0.481 e. The molecule has 1 fully saturated rings. The number of hydrogen-bond acceptors (Lipinski definition) is 2. The van der Waals surface area contributed by atoms with Gasteiger partial charge in [-0.15, -0.1) is 13.2 Å². The third-order valence-corrected chi connectivity index (χ3v) is 3.51. The molecule has 0 aromatic heterocycles. The van der Waals surface area contributed by atoms with E-state index < -0.39 is 17.7 Å². The summed E-state index contributed by atoms with van der Waals surface area (Å²) in [7, 11) is 0. The second-order valence-electron chi connectivity index (χ2n) is 4.99. The Balaban J connectivity index is 1.98. The molecule has 1 aliphatic carbocycles. The molecule has 21 heavy (non-hydrogen) atoms. The van der Waals surface area contributed by atoms with E-state index in [4.69, 9.17) is 5.11 Å². The van der Waals surface area contributed by atoms with Crippen molar-refractivity contribution in [1.82, 2.24) is 0 Å². The van der Waals surface area contributed by atoms with E-state index in [9.17, 15) is 18.0 Å². The number of carbonyl (C=O) groups is 1. The van der Waals surface area contributed by atoms with E-state index in [2.05, 4.69) is 16.6 Å². The summed E-state index contributed by atoms with van der Waals surface area (Å²) < 4.78 is 39.7. The third kappa shape index (κ3) is 3.91. The normalized spacial score (nSPS) is 16.3. The Hall–Kier alpha value is -2.16. The topological polar surface area (TPSA) is 46.5 Å². The summed E-state index contributed by atoms with van der Waals surface area (Å²) in [6, 6.07) is 5.16. The molecule has 3 nitrogen and oxygen atoms in total. The van der Waals surface area contributed by atoms with Gasteiger partial charge in [0.2, 0.25) is 0 Å². The van der Waals surface area contributed by atoms with Gasteiger partial charge in [0, 0.05) is 12.0 Å². The Bertz CT molecular complexity index is 575. The smallest absolute Gasteiger partial charge is 0.481 e. The fraction of sp³-hybridized carbons (Fsp3) is 0.400. The highest BCUT2D eigenvalue weighted by molar-refractivity contribution is 5.76. The van der Waals surface area contributed by atoms with Crippen LogP contribution in [-0.4, -0.2) is 17.4 Å². The van der Waals surface area contributed by atoms with Gasteiger partial charge in [0.05, 0.1) is 5.41 Å². The summed E-state index contributed by atoms with van der Waals surface area (Å²) in [5, 5.41) is 9.13. The zero-order valence-electron chi connectivity index (χ0n) is 11.0. The van der Waals surface area contributed by atoms with E-state index in [0.29, 0.717) is 18.4 Å². The van der Waals surface area contributed by atoms with Crippen molar-refractivity contribution in [2.75, 3.05) is 0 Å². The molecule has 0 heterocycles. The summed E-state index contributed by atoms with van der Waals surface area (Å²) in [6.07, 6.45) is -2.34. The number of carboxylic acid groups (broad SMARTS) is 1. The number of halogens is 3. The molecule has 0 atom stereocenters. The van der Waals surface area contributed by atoms with Crippen LogP contribution in [0.5, 0.6) is 5.75 Å². The van der Waals surface area contributed by atoms with Crippen LogP contribution in [0.1, 0.15) is 31.2 Å². The van der Waals surface area contributed by atoms with Crippen molar-refractivity contribution in [3.8, 4) is 17.6 Å². The van der Waals surface area contributed by atoms with Crippen molar-refractivity contribution in [1.29, 1.82) is 0 Å². The molecule has 1 aromatic rings. The van der Waals surface area contributed by atoms with Crippen LogP contribution in [0.25, 0.3) is 0 Å². The lowest BCUT2D eigenvalue weighted by molar-refractivity contribution is -0.274. The standard InChI is InChI=1S/C15H13F3O3/c16-15(17,18)21-12-6-4-11(5-7-12)3-1-8-14(13(19)20)9-2-10-14/h4-7H,2,8-10H2,(H,19,20). The molecule has 0 unspecified atom stereocenters. The Morgan fingerprint density at radius 2 is 1.90 bits per heavy atom. The van der Waals surface area contributed by atoms with Gasteiger partial charge in [-0.3, -0.25) is 4.79 Å². The number of rotatable bonds is 3. The predicted molar refractivity (Wildman–Crippen MR) is 68.5 cm³/mol. The molecule has 0 aliphatic heterocycles. The fourth-order valence-electron chi connectivity index (χ4n) is 2.13. The lowest BCUT2D eigenvalue weighted by Gasteiger charge is -2.35. The molecule has 0 amide bonds. The summed E-state index contributed by atoms with van der Waals surface area (Å²) in [5.74, 6) is 4.42. The first kappa shape index (κ1) is 15.2. The SMILES string of the molecule is O=C(O)C1(CC#Cc2ccc(OC(F)(F)F)cc2)CCC1. The lowest BCUT2D eigenvalue weighted by atomic mass is 9.67. The van der Waals surface area contributed by atoms with Gasteiger partial charge < -0.3 is 9.84 Å². The molecule has 0 radical (unpaired) electrons. The van der Waals surface area contributed by atoms with Gasteiger partial charge in [-0.25, -0.2) is 0 Å². The Morgan fingerprint density at radius 1 is 1.29 bits per heavy atom. The molecule has 1 N–H and O–H groups in total. The molecule has 112 valence electrons. The second-order valence-corrected chi connectivity index (χ2v) is 4.99. The van der Waals surface area contributed by atoms with Crippen molar-refractivity contribution in [2.45, 2.75) is 32.0 Å². The zero-order chi connectivity index (χ0) is 15.5. The van der Waals surface area contributed by atoms with E-state index in [-0.39, 0.29) is 12.2 Å². The van der Waals surface area contributed by atoms with Gasteiger partial charge in [-0.2, -0.15) is 0 Å². The average Bonchev–Trinajstić information content (AvgIpc) is 2.32. The van der Waals surface area contributed by atoms with E-state index in [0.717, 1.165) is 6.42 Å². The maximum Gasteiger partial charge on any atom is 0.573 e. The quantitative estimate of drug-likeness (QED) is 0.868. The second kappa shape index (κ2) is 5.68. The first-order valence-corrected chi connectivity index (χ1v) is 6.39. The van der Waals surface area contributed by atoms with Crippen LogP contribution in [-0.2, 0) is 4.79 Å². The first-order valence-electron chi connectivity index (χ1n) is 6.39. The molecular weight excluding hydrogens is 285 g/mol. The average molecular weight is 298 g/mol. The molecule has 1 aliphatic rings. The van der Waals surface area contributed by atoms with Gasteiger partial charge in [-0.1, -0.05) is 18.3 Å². The van der Waals surface area contributed by atoms with Crippen LogP contribution in [0.3, 0.4) is 0 Å². The van der Waals surface area contributed by atoms with Crippen LogP contribution < -0.4 is 4.74 Å². The third-order valence-electron chi connectivity index (χ3n) is 3.51. The van der Waals surface area contributed by atoms with Crippen LogP contribution >= 0.6 is 0 Å². The molecule has 0 saturated heterocycles. The summed E-state index contributed by atoms with van der Waals surface area (Å²) in [6.45, 7) is 0. The number of ether oxygens (including phenoxy) is 1. The first-order chi connectivity index (χ1) is 9.81. The van der Waals surface area contributed by atoms with Crippen molar-refractivity contribution in [3.05, 3.63) is 29.8 Å². The molecule has 1 aromatic carbocycles. The highest BCUT2D eigenvalue weighted by Gasteiger charge is 2.43. The molecular formula is C15H13F3O3. The number of hydrogen-bond donors (Lipinski definition) is 1. The summed E-state index contributed by atoms with van der Waals surface area (Å²) >= 11 is 0. The van der Waals surface area contributed by atoms with Crippen molar-refractivity contribution >= 4 is 5.97 Å². The number of benzene rings is 1. The maximum absolute atomic E-state index is 12.0. The molecule has 1 saturated carbocycles. The molecule has 6 heteroatoms. The van der Waals surface area contributed by atoms with Crippen LogP contribution in [0.2, 0.25) is 0 Å². The highest BCUT2D eigenvalue weighted by atomic mass is 19.4. The van der Waals surface area contributed by atoms with E-state index in [1.165, 1.54) is 24.3 Å². The molecule has 2 rings (SSSR count). The maximum atomic E-state index is 12.0. The Kier molecular flexibility index (Phi) is 4.12. The minimum atomic E-state index is -4.72. The lowest BCUT2D eigenvalue weighted by Crippen LogP contribution is -2.37. The molecule has 0 spiro atoms. The van der Waals surface area contributed by atoms with E-state index >= 15 is 0 Å². The fourth-order valence-corrected chi connectivity index (χ4v) is 2.13. The van der Waals surface area contributed by atoms with Gasteiger partial charge in [-0.05, 0) is 37.1 Å².